The number of unbranched alkanes of at least 4 members (excludes halogenated alkanes) is 2. The fourth-order valence-corrected chi connectivity index (χ4v) is 2.90. The maximum absolute atomic E-state index is 11.0. The Kier molecular flexibility index (Phi) is 5.82. The summed E-state index contributed by atoms with van der Waals surface area (Å²) in [6.07, 6.45) is 4.49. The molecular weight excluding hydrogens is 264 g/mol. The third-order valence-electron chi connectivity index (χ3n) is 4.36. The second-order valence-electron chi connectivity index (χ2n) is 6.60. The summed E-state index contributed by atoms with van der Waals surface area (Å²) in [5, 5.41) is 19.5. The molecule has 0 saturated heterocycles. The van der Waals surface area contributed by atoms with Gasteiger partial charge in [-0.15, -0.1) is 0 Å². The molecule has 0 aliphatic heterocycles. The van der Waals surface area contributed by atoms with Gasteiger partial charge < -0.3 is 10.2 Å². The predicted octanol–water partition coefficient (Wildman–Crippen LogP) is 4.49. The van der Waals surface area contributed by atoms with E-state index in [-0.39, 0.29) is 17.6 Å². The number of rotatable bonds is 7. The second-order valence-corrected chi connectivity index (χ2v) is 6.60. The molecule has 0 fully saturated rings. The van der Waals surface area contributed by atoms with Gasteiger partial charge in [0.2, 0.25) is 0 Å². The molecule has 3 heteroatoms. The molecule has 0 aliphatic rings. The predicted molar refractivity (Wildman–Crippen MR) is 86.1 cm³/mol. The molecule has 0 radical (unpaired) electrons. The fourth-order valence-electron chi connectivity index (χ4n) is 2.90. The van der Waals surface area contributed by atoms with E-state index in [4.69, 9.17) is 5.11 Å². The SMILES string of the molecule is CCCCCC(C)(C)c1cc(C)c(CC(=O)O)c(C)c1O. The minimum Gasteiger partial charge on any atom is -0.507 e. The number of carbonyl (C=O) groups is 1. The number of aliphatic carboxylic acids is 1. The van der Waals surface area contributed by atoms with Crippen molar-refractivity contribution in [1.82, 2.24) is 0 Å². The number of benzene rings is 1. The van der Waals surface area contributed by atoms with Gasteiger partial charge >= 0.3 is 5.97 Å². The van der Waals surface area contributed by atoms with Crippen molar-refractivity contribution in [3.8, 4) is 5.75 Å². The molecule has 1 aromatic rings. The van der Waals surface area contributed by atoms with E-state index >= 15 is 0 Å². The minimum absolute atomic E-state index is 0.0399. The molecule has 0 amide bonds. The Morgan fingerprint density at radius 2 is 1.86 bits per heavy atom. The van der Waals surface area contributed by atoms with Crippen LogP contribution in [0.25, 0.3) is 0 Å². The Morgan fingerprint density at radius 3 is 2.38 bits per heavy atom. The third-order valence-corrected chi connectivity index (χ3v) is 4.36. The van der Waals surface area contributed by atoms with Crippen LogP contribution >= 0.6 is 0 Å². The van der Waals surface area contributed by atoms with Gasteiger partial charge in [0.15, 0.2) is 0 Å². The van der Waals surface area contributed by atoms with Gasteiger partial charge in [-0.2, -0.15) is 0 Å². The Labute approximate surface area is 128 Å². The molecule has 0 unspecified atom stereocenters. The van der Waals surface area contributed by atoms with Crippen molar-refractivity contribution in [2.24, 2.45) is 0 Å². The van der Waals surface area contributed by atoms with Crippen LogP contribution in [0.2, 0.25) is 0 Å². The number of phenols is 1. The summed E-state index contributed by atoms with van der Waals surface area (Å²) < 4.78 is 0. The van der Waals surface area contributed by atoms with E-state index in [1.807, 2.05) is 19.9 Å². The van der Waals surface area contributed by atoms with Crippen LogP contribution < -0.4 is 0 Å². The van der Waals surface area contributed by atoms with Crippen LogP contribution in [-0.2, 0) is 16.6 Å². The molecule has 2 N–H and O–H groups in total. The number of hydrogen-bond acceptors (Lipinski definition) is 2. The van der Waals surface area contributed by atoms with Crippen LogP contribution in [0, 0.1) is 13.8 Å². The highest BCUT2D eigenvalue weighted by Gasteiger charge is 2.26. The third kappa shape index (κ3) is 4.23. The van der Waals surface area contributed by atoms with E-state index in [0.29, 0.717) is 5.56 Å². The lowest BCUT2D eigenvalue weighted by Crippen LogP contribution is -2.19. The highest BCUT2D eigenvalue weighted by atomic mass is 16.4. The van der Waals surface area contributed by atoms with Gasteiger partial charge in [-0.05, 0) is 42.4 Å². The molecule has 3 nitrogen and oxygen atoms in total. The van der Waals surface area contributed by atoms with Crippen molar-refractivity contribution in [1.29, 1.82) is 0 Å². The van der Waals surface area contributed by atoms with E-state index < -0.39 is 5.97 Å². The molecule has 0 saturated carbocycles. The number of aryl methyl sites for hydroxylation is 1. The molecule has 0 aromatic heterocycles. The zero-order valence-electron chi connectivity index (χ0n) is 13.9. The molecule has 118 valence electrons. The molecule has 1 rings (SSSR count). The Hall–Kier alpha value is -1.51. The smallest absolute Gasteiger partial charge is 0.307 e. The standard InChI is InChI=1S/C18H28O3/c1-6-7-8-9-18(4,5)15-10-12(2)14(11-16(19)20)13(3)17(15)21/h10,21H,6-9,11H2,1-5H3,(H,19,20). The monoisotopic (exact) mass is 292 g/mol. The molecule has 1 aromatic carbocycles. The number of carboxylic acids is 1. The van der Waals surface area contributed by atoms with Gasteiger partial charge in [-0.25, -0.2) is 0 Å². The van der Waals surface area contributed by atoms with Gasteiger partial charge in [0.05, 0.1) is 6.42 Å². The number of carboxylic acid groups (broad SMARTS) is 1. The van der Waals surface area contributed by atoms with E-state index in [2.05, 4.69) is 20.8 Å². The van der Waals surface area contributed by atoms with Crippen LogP contribution in [-0.4, -0.2) is 16.2 Å². The topological polar surface area (TPSA) is 57.5 Å². The number of hydrogen-bond donors (Lipinski definition) is 2. The first kappa shape index (κ1) is 17.5. The zero-order valence-corrected chi connectivity index (χ0v) is 13.9. The molecule has 21 heavy (non-hydrogen) atoms. The van der Waals surface area contributed by atoms with Gasteiger partial charge in [0.1, 0.15) is 5.75 Å². The Balaban J connectivity index is 3.17. The number of aromatic hydroxyl groups is 1. The maximum Gasteiger partial charge on any atom is 0.307 e. The fraction of sp³-hybridized carbons (Fsp3) is 0.611. The van der Waals surface area contributed by atoms with Gasteiger partial charge in [0.25, 0.3) is 0 Å². The average molecular weight is 292 g/mol. The lowest BCUT2D eigenvalue weighted by atomic mass is 9.77. The van der Waals surface area contributed by atoms with Crippen molar-refractivity contribution in [2.45, 2.75) is 72.1 Å². The summed E-state index contributed by atoms with van der Waals surface area (Å²) in [7, 11) is 0. The minimum atomic E-state index is -0.865. The molecule has 0 bridgehead atoms. The number of phenolic OH excluding ortho intramolecular Hbond substituents is 1. The lowest BCUT2D eigenvalue weighted by Gasteiger charge is -2.28. The van der Waals surface area contributed by atoms with Crippen LogP contribution in [0.4, 0.5) is 0 Å². The van der Waals surface area contributed by atoms with Crippen molar-refractivity contribution >= 4 is 5.97 Å². The van der Waals surface area contributed by atoms with Gasteiger partial charge in [-0.3, -0.25) is 4.79 Å². The zero-order chi connectivity index (χ0) is 16.2. The molecule has 0 aliphatic carbocycles. The first-order valence-corrected chi connectivity index (χ1v) is 7.75. The Bertz CT molecular complexity index is 516. The first-order valence-electron chi connectivity index (χ1n) is 7.75. The Morgan fingerprint density at radius 1 is 1.24 bits per heavy atom. The second kappa shape index (κ2) is 6.97. The molecule has 0 spiro atoms. The van der Waals surface area contributed by atoms with E-state index in [1.54, 1.807) is 0 Å². The summed E-state index contributed by atoms with van der Waals surface area (Å²) in [5.41, 5.74) is 3.22. The summed E-state index contributed by atoms with van der Waals surface area (Å²) in [4.78, 5) is 11.0. The summed E-state index contributed by atoms with van der Waals surface area (Å²) >= 11 is 0. The first-order chi connectivity index (χ1) is 9.70. The summed E-state index contributed by atoms with van der Waals surface area (Å²) in [5.74, 6) is -0.603. The van der Waals surface area contributed by atoms with Crippen LogP contribution in [0.5, 0.6) is 5.75 Å². The van der Waals surface area contributed by atoms with Crippen LogP contribution in [0.15, 0.2) is 6.07 Å². The maximum atomic E-state index is 11.0. The van der Waals surface area contributed by atoms with E-state index in [9.17, 15) is 9.90 Å². The highest BCUT2D eigenvalue weighted by molar-refractivity contribution is 5.72. The highest BCUT2D eigenvalue weighted by Crippen LogP contribution is 2.39. The van der Waals surface area contributed by atoms with Crippen molar-refractivity contribution in [3.05, 3.63) is 28.3 Å². The van der Waals surface area contributed by atoms with E-state index in [1.165, 1.54) is 12.8 Å². The normalized spacial score (nSPS) is 11.7. The molecule has 0 heterocycles. The van der Waals surface area contributed by atoms with Crippen molar-refractivity contribution < 1.29 is 15.0 Å². The summed E-state index contributed by atoms with van der Waals surface area (Å²) in [6, 6.07) is 1.96. The molecule has 0 atom stereocenters. The van der Waals surface area contributed by atoms with E-state index in [0.717, 1.165) is 29.5 Å². The van der Waals surface area contributed by atoms with Gasteiger partial charge in [-0.1, -0.05) is 46.1 Å². The molecular formula is C18H28O3. The quantitative estimate of drug-likeness (QED) is 0.728. The lowest BCUT2D eigenvalue weighted by molar-refractivity contribution is -0.136. The largest absolute Gasteiger partial charge is 0.507 e. The van der Waals surface area contributed by atoms with Crippen LogP contribution in [0.3, 0.4) is 0 Å². The summed E-state index contributed by atoms with van der Waals surface area (Å²) in [6.45, 7) is 10.2. The average Bonchev–Trinajstić information content (AvgIpc) is 2.38. The van der Waals surface area contributed by atoms with Gasteiger partial charge in [0, 0.05) is 5.56 Å². The van der Waals surface area contributed by atoms with Crippen molar-refractivity contribution in [2.75, 3.05) is 0 Å². The van der Waals surface area contributed by atoms with Crippen LogP contribution in [0.1, 0.15) is 68.7 Å². The van der Waals surface area contributed by atoms with Crippen molar-refractivity contribution in [3.63, 3.8) is 0 Å².